The van der Waals surface area contributed by atoms with E-state index in [1.165, 1.54) is 13.1 Å². The maximum absolute atomic E-state index is 14.6. The number of pyridine rings is 1. The molecule has 4 rings (SSSR count). The second-order valence-corrected chi connectivity index (χ2v) is 6.68. The van der Waals surface area contributed by atoms with Crippen molar-refractivity contribution in [3.63, 3.8) is 0 Å². The van der Waals surface area contributed by atoms with Crippen LogP contribution in [-0.4, -0.2) is 50.0 Å². The fraction of sp³-hybridized carbons (Fsp3) is 0.471. The van der Waals surface area contributed by atoms with Crippen molar-refractivity contribution >= 4 is 28.0 Å². The van der Waals surface area contributed by atoms with Crippen molar-refractivity contribution in [2.75, 3.05) is 19.6 Å². The first-order valence-electron chi connectivity index (χ1n) is 8.60. The number of piperidine rings is 1. The topological polar surface area (TPSA) is 92.8 Å². The number of amides is 1. The first kappa shape index (κ1) is 16.9. The van der Waals surface area contributed by atoms with Crippen molar-refractivity contribution in [1.29, 1.82) is 0 Å². The number of nitrogens with two attached hydrogens (primary N) is 1. The molecule has 0 unspecified atom stereocenters. The van der Waals surface area contributed by atoms with E-state index in [9.17, 15) is 13.6 Å². The first-order chi connectivity index (χ1) is 12.4. The van der Waals surface area contributed by atoms with E-state index in [1.54, 1.807) is 15.7 Å². The zero-order valence-electron chi connectivity index (χ0n) is 14.4. The summed E-state index contributed by atoms with van der Waals surface area (Å²) in [4.78, 5) is 24.8. The van der Waals surface area contributed by atoms with Crippen LogP contribution in [0.5, 0.6) is 0 Å². The van der Waals surface area contributed by atoms with Gasteiger partial charge in [-0.25, -0.2) is 9.97 Å². The lowest BCUT2D eigenvalue weighted by Crippen LogP contribution is -2.39. The summed E-state index contributed by atoms with van der Waals surface area (Å²) < 4.78 is 30.8. The zero-order chi connectivity index (χ0) is 18.5. The van der Waals surface area contributed by atoms with Gasteiger partial charge in [0.15, 0.2) is 5.82 Å². The second-order valence-electron chi connectivity index (χ2n) is 6.68. The van der Waals surface area contributed by atoms with Crippen molar-refractivity contribution in [1.82, 2.24) is 24.4 Å². The molecule has 1 aliphatic rings. The number of hydrogen-bond acceptors (Lipinski definition) is 4. The lowest BCUT2D eigenvalue weighted by Gasteiger charge is -2.33. The standard InChI is InChI=1S/C17H20F2N6O/c1-10(26)24-6-3-11(4-7-24)25-14-12-2-5-21-15(12)22-8-13(14)23-16(25)17(18,19)9-20/h2,5,8,11H,3-4,6-7,9,20H2,1H3,(H,21,22). The van der Waals surface area contributed by atoms with Crippen LogP contribution in [-0.2, 0) is 10.7 Å². The number of likely N-dealkylation sites (tertiary alicyclic amines) is 1. The Balaban J connectivity index is 1.89. The molecule has 26 heavy (non-hydrogen) atoms. The van der Waals surface area contributed by atoms with Crippen LogP contribution < -0.4 is 5.73 Å². The number of H-pyrrole nitrogens is 1. The van der Waals surface area contributed by atoms with Crippen LogP contribution >= 0.6 is 0 Å². The van der Waals surface area contributed by atoms with Crippen molar-refractivity contribution in [3.8, 4) is 0 Å². The van der Waals surface area contributed by atoms with E-state index >= 15 is 0 Å². The van der Waals surface area contributed by atoms with Gasteiger partial charge in [-0.2, -0.15) is 8.78 Å². The number of nitrogens with one attached hydrogen (secondary N) is 1. The smallest absolute Gasteiger partial charge is 0.316 e. The minimum atomic E-state index is -3.24. The van der Waals surface area contributed by atoms with Gasteiger partial charge in [-0.15, -0.1) is 0 Å². The lowest BCUT2D eigenvalue weighted by molar-refractivity contribution is -0.130. The largest absolute Gasteiger partial charge is 0.346 e. The van der Waals surface area contributed by atoms with Gasteiger partial charge in [0.25, 0.3) is 0 Å². The highest BCUT2D eigenvalue weighted by atomic mass is 19.3. The summed E-state index contributed by atoms with van der Waals surface area (Å²) in [5.74, 6) is -3.56. The molecule has 1 amide bonds. The Labute approximate surface area is 148 Å². The minimum absolute atomic E-state index is 0.00340. The van der Waals surface area contributed by atoms with Gasteiger partial charge in [0.1, 0.15) is 11.2 Å². The fourth-order valence-electron chi connectivity index (χ4n) is 3.74. The summed E-state index contributed by atoms with van der Waals surface area (Å²) in [6.07, 6.45) is 4.42. The maximum atomic E-state index is 14.6. The average molecular weight is 362 g/mol. The number of rotatable bonds is 3. The number of aromatic nitrogens is 4. The lowest BCUT2D eigenvalue weighted by atomic mass is 10.0. The molecule has 0 saturated carbocycles. The number of alkyl halides is 2. The number of nitrogens with zero attached hydrogens (tertiary/aromatic N) is 4. The van der Waals surface area contributed by atoms with Gasteiger partial charge in [-0.1, -0.05) is 0 Å². The number of carbonyl (C=O) groups excluding carboxylic acids is 1. The molecule has 9 heteroatoms. The van der Waals surface area contributed by atoms with Crippen molar-refractivity contribution in [2.45, 2.75) is 31.7 Å². The molecule has 1 fully saturated rings. The predicted octanol–water partition coefficient (Wildman–Crippen LogP) is 2.15. The second kappa shape index (κ2) is 6.01. The number of imidazole rings is 1. The highest BCUT2D eigenvalue weighted by molar-refractivity contribution is 6.01. The van der Waals surface area contributed by atoms with E-state index in [0.29, 0.717) is 42.6 Å². The Kier molecular flexibility index (Phi) is 3.91. The molecule has 3 aromatic heterocycles. The molecule has 1 saturated heterocycles. The van der Waals surface area contributed by atoms with E-state index in [-0.39, 0.29) is 17.8 Å². The summed E-state index contributed by atoms with van der Waals surface area (Å²) in [5, 5.41) is 0.753. The predicted molar refractivity (Wildman–Crippen MR) is 92.9 cm³/mol. The average Bonchev–Trinajstić information content (AvgIpc) is 3.25. The molecule has 0 radical (unpaired) electrons. The molecule has 0 aliphatic carbocycles. The third-order valence-electron chi connectivity index (χ3n) is 5.09. The Bertz CT molecular complexity index is 970. The Morgan fingerprint density at radius 2 is 2.15 bits per heavy atom. The van der Waals surface area contributed by atoms with Gasteiger partial charge in [0.05, 0.1) is 18.3 Å². The minimum Gasteiger partial charge on any atom is -0.346 e. The Morgan fingerprint density at radius 3 is 2.81 bits per heavy atom. The van der Waals surface area contributed by atoms with Crippen LogP contribution in [0.1, 0.15) is 31.6 Å². The maximum Gasteiger partial charge on any atom is 0.316 e. The van der Waals surface area contributed by atoms with Gasteiger partial charge in [0.2, 0.25) is 5.91 Å². The first-order valence-corrected chi connectivity index (χ1v) is 8.60. The molecule has 7 nitrogen and oxygen atoms in total. The van der Waals surface area contributed by atoms with Crippen LogP contribution in [0.4, 0.5) is 8.78 Å². The quantitative estimate of drug-likeness (QED) is 0.747. The van der Waals surface area contributed by atoms with E-state index in [4.69, 9.17) is 5.73 Å². The summed E-state index contributed by atoms with van der Waals surface area (Å²) >= 11 is 0. The van der Waals surface area contributed by atoms with Gasteiger partial charge < -0.3 is 20.2 Å². The molecule has 4 heterocycles. The number of aromatic amines is 1. The van der Waals surface area contributed by atoms with E-state index in [2.05, 4.69) is 15.0 Å². The van der Waals surface area contributed by atoms with Crippen LogP contribution in [0.3, 0.4) is 0 Å². The molecule has 138 valence electrons. The van der Waals surface area contributed by atoms with Crippen LogP contribution in [0.25, 0.3) is 22.1 Å². The summed E-state index contributed by atoms with van der Waals surface area (Å²) in [6.45, 7) is 1.78. The molecule has 0 aromatic carbocycles. The molecular formula is C17H20F2N6O. The van der Waals surface area contributed by atoms with Gasteiger partial charge in [-0.3, -0.25) is 4.79 Å². The summed E-state index contributed by atoms with van der Waals surface area (Å²) in [5.41, 5.74) is 7.03. The molecule has 0 bridgehead atoms. The molecule has 0 atom stereocenters. The number of fused-ring (bicyclic) bond motifs is 3. The van der Waals surface area contributed by atoms with Crippen LogP contribution in [0, 0.1) is 0 Å². The highest BCUT2D eigenvalue weighted by Crippen LogP contribution is 2.37. The molecular weight excluding hydrogens is 342 g/mol. The third-order valence-corrected chi connectivity index (χ3v) is 5.09. The molecule has 3 N–H and O–H groups in total. The third kappa shape index (κ3) is 2.54. The zero-order valence-corrected chi connectivity index (χ0v) is 14.4. The summed E-state index contributed by atoms with van der Waals surface area (Å²) in [7, 11) is 0. The monoisotopic (exact) mass is 362 g/mol. The van der Waals surface area contributed by atoms with Crippen molar-refractivity contribution < 1.29 is 13.6 Å². The van der Waals surface area contributed by atoms with Gasteiger partial charge in [-0.05, 0) is 18.9 Å². The highest BCUT2D eigenvalue weighted by Gasteiger charge is 2.39. The Hall–Kier alpha value is -2.55. The fourth-order valence-corrected chi connectivity index (χ4v) is 3.74. The normalized spacial score (nSPS) is 16.7. The van der Waals surface area contributed by atoms with Gasteiger partial charge >= 0.3 is 5.92 Å². The van der Waals surface area contributed by atoms with E-state index in [0.717, 1.165) is 5.39 Å². The molecule has 1 aliphatic heterocycles. The van der Waals surface area contributed by atoms with Gasteiger partial charge in [0, 0.05) is 37.6 Å². The van der Waals surface area contributed by atoms with Crippen molar-refractivity contribution in [3.05, 3.63) is 24.3 Å². The van der Waals surface area contributed by atoms with Crippen molar-refractivity contribution in [2.24, 2.45) is 5.73 Å². The SMILES string of the molecule is CC(=O)N1CCC(n2c(C(F)(F)CN)nc3cnc4[nH]ccc4c32)CC1. The number of halogens is 2. The number of carbonyl (C=O) groups is 1. The van der Waals surface area contributed by atoms with Crippen LogP contribution in [0.2, 0.25) is 0 Å². The Morgan fingerprint density at radius 1 is 1.42 bits per heavy atom. The number of hydrogen-bond donors (Lipinski definition) is 2. The summed E-state index contributed by atoms with van der Waals surface area (Å²) in [6, 6.07) is 1.64. The van der Waals surface area contributed by atoms with E-state index < -0.39 is 12.5 Å². The van der Waals surface area contributed by atoms with E-state index in [1.807, 2.05) is 6.07 Å². The van der Waals surface area contributed by atoms with Crippen LogP contribution in [0.15, 0.2) is 18.5 Å². The molecule has 3 aromatic rings. The molecule has 0 spiro atoms.